The molecule has 0 radical (unpaired) electrons. The minimum absolute atomic E-state index is 0.229. The number of benzene rings is 1. The van der Waals surface area contributed by atoms with E-state index in [1.165, 1.54) is 18.2 Å². The molecular weight excluding hydrogens is 188 g/mol. The molecule has 0 heterocycles. The molecule has 1 rings (SSSR count). The number of aryl methyl sites for hydroxylation is 2. The molecule has 0 aliphatic heterocycles. The van der Waals surface area contributed by atoms with Crippen LogP contribution in [0.1, 0.15) is 39.5 Å². The van der Waals surface area contributed by atoms with E-state index in [4.69, 9.17) is 4.74 Å². The van der Waals surface area contributed by atoms with Crippen LogP contribution in [0.2, 0.25) is 0 Å². The van der Waals surface area contributed by atoms with Crippen molar-refractivity contribution in [3.8, 4) is 0 Å². The molecule has 0 amide bonds. The minimum Gasteiger partial charge on any atom is -0.465 e. The molecule has 0 saturated carbocycles. The highest BCUT2D eigenvalue weighted by molar-refractivity contribution is 5.93. The number of rotatable bonds is 2. The fraction of sp³-hybridized carbons (Fsp3) is 0.462. The maximum atomic E-state index is 11.7. The van der Waals surface area contributed by atoms with E-state index in [2.05, 4.69) is 19.9 Å². The maximum absolute atomic E-state index is 11.7. The van der Waals surface area contributed by atoms with Gasteiger partial charge < -0.3 is 4.74 Å². The van der Waals surface area contributed by atoms with Crippen molar-refractivity contribution in [2.45, 2.75) is 34.1 Å². The van der Waals surface area contributed by atoms with Crippen molar-refractivity contribution < 1.29 is 9.53 Å². The summed E-state index contributed by atoms with van der Waals surface area (Å²) >= 11 is 0. The molecule has 0 bridgehead atoms. The van der Waals surface area contributed by atoms with Crippen LogP contribution in [-0.2, 0) is 11.2 Å². The van der Waals surface area contributed by atoms with E-state index in [0.29, 0.717) is 0 Å². The Morgan fingerprint density at radius 2 is 1.87 bits per heavy atom. The summed E-state index contributed by atoms with van der Waals surface area (Å²) in [6.45, 7) is 8.14. The molecule has 0 unspecified atom stereocenters. The fourth-order valence-electron chi connectivity index (χ4n) is 1.83. The molecule has 0 fully saturated rings. The third kappa shape index (κ3) is 2.04. The summed E-state index contributed by atoms with van der Waals surface area (Å²) in [4.78, 5) is 11.7. The average Bonchev–Trinajstić information content (AvgIpc) is 2.24. The van der Waals surface area contributed by atoms with E-state index in [-0.39, 0.29) is 5.97 Å². The van der Waals surface area contributed by atoms with Gasteiger partial charge >= 0.3 is 5.97 Å². The number of carbonyl (C=O) groups is 1. The summed E-state index contributed by atoms with van der Waals surface area (Å²) in [6.07, 6.45) is 0.854. The first-order valence-electron chi connectivity index (χ1n) is 5.20. The third-order valence-corrected chi connectivity index (χ3v) is 3.01. The van der Waals surface area contributed by atoms with E-state index in [1.807, 2.05) is 13.8 Å². The molecule has 2 nitrogen and oxygen atoms in total. The molecule has 82 valence electrons. The number of hydrogen-bond donors (Lipinski definition) is 0. The van der Waals surface area contributed by atoms with Crippen molar-refractivity contribution >= 4 is 5.97 Å². The number of carbonyl (C=O) groups excluding carboxylic acids is 1. The van der Waals surface area contributed by atoms with Crippen LogP contribution in [0.5, 0.6) is 0 Å². The summed E-state index contributed by atoms with van der Waals surface area (Å²) in [5.74, 6) is -0.229. The number of methoxy groups -OCH3 is 1. The van der Waals surface area contributed by atoms with Gasteiger partial charge in [0.1, 0.15) is 0 Å². The predicted octanol–water partition coefficient (Wildman–Crippen LogP) is 2.96. The summed E-state index contributed by atoms with van der Waals surface area (Å²) in [6, 6.07) is 2.08. The smallest absolute Gasteiger partial charge is 0.338 e. The zero-order valence-electron chi connectivity index (χ0n) is 10.1. The average molecular weight is 206 g/mol. The SMILES string of the molecule is CCc1cc(C)c(C)c(C)c1C(=O)OC. The van der Waals surface area contributed by atoms with Crippen LogP contribution in [0.4, 0.5) is 0 Å². The quantitative estimate of drug-likeness (QED) is 0.695. The van der Waals surface area contributed by atoms with Crippen molar-refractivity contribution in [1.82, 2.24) is 0 Å². The molecule has 0 N–H and O–H groups in total. The van der Waals surface area contributed by atoms with Gasteiger partial charge in [0.15, 0.2) is 0 Å². The van der Waals surface area contributed by atoms with Crippen LogP contribution in [0.3, 0.4) is 0 Å². The molecule has 15 heavy (non-hydrogen) atoms. The number of ether oxygens (including phenoxy) is 1. The van der Waals surface area contributed by atoms with Crippen molar-refractivity contribution in [1.29, 1.82) is 0 Å². The van der Waals surface area contributed by atoms with Crippen LogP contribution in [0.15, 0.2) is 6.07 Å². The van der Waals surface area contributed by atoms with E-state index in [0.717, 1.165) is 23.1 Å². The first-order valence-corrected chi connectivity index (χ1v) is 5.20. The summed E-state index contributed by atoms with van der Waals surface area (Å²) in [5, 5.41) is 0. The van der Waals surface area contributed by atoms with E-state index >= 15 is 0 Å². The highest BCUT2D eigenvalue weighted by Gasteiger charge is 2.16. The van der Waals surface area contributed by atoms with Crippen LogP contribution >= 0.6 is 0 Å². The van der Waals surface area contributed by atoms with Gasteiger partial charge in [-0.25, -0.2) is 4.79 Å². The molecule has 0 spiro atoms. The fourth-order valence-corrected chi connectivity index (χ4v) is 1.83. The second kappa shape index (κ2) is 4.47. The Bertz CT molecular complexity index is 392. The molecule has 2 heteroatoms. The highest BCUT2D eigenvalue weighted by atomic mass is 16.5. The minimum atomic E-state index is -0.229. The zero-order valence-corrected chi connectivity index (χ0v) is 10.1. The van der Waals surface area contributed by atoms with Crippen molar-refractivity contribution in [3.63, 3.8) is 0 Å². The van der Waals surface area contributed by atoms with Crippen molar-refractivity contribution in [3.05, 3.63) is 33.9 Å². The largest absolute Gasteiger partial charge is 0.465 e. The summed E-state index contributed by atoms with van der Waals surface area (Å²) < 4.78 is 4.82. The Labute approximate surface area is 91.3 Å². The normalized spacial score (nSPS) is 10.2. The Kier molecular flexibility index (Phi) is 3.51. The second-order valence-corrected chi connectivity index (χ2v) is 3.82. The Morgan fingerprint density at radius 3 is 2.33 bits per heavy atom. The molecule has 0 aliphatic rings. The van der Waals surface area contributed by atoms with Crippen LogP contribution in [0, 0.1) is 20.8 Å². The van der Waals surface area contributed by atoms with Crippen molar-refractivity contribution in [2.75, 3.05) is 7.11 Å². The monoisotopic (exact) mass is 206 g/mol. The molecular formula is C13H18O2. The molecule has 0 aliphatic carbocycles. The lowest BCUT2D eigenvalue weighted by Gasteiger charge is -2.14. The van der Waals surface area contributed by atoms with Crippen LogP contribution < -0.4 is 0 Å². The molecule has 0 aromatic heterocycles. The Balaban J connectivity index is 3.47. The van der Waals surface area contributed by atoms with Gasteiger partial charge in [-0.15, -0.1) is 0 Å². The predicted molar refractivity (Wildman–Crippen MR) is 61.4 cm³/mol. The molecule has 0 atom stereocenters. The van der Waals surface area contributed by atoms with Crippen LogP contribution in [0.25, 0.3) is 0 Å². The van der Waals surface area contributed by atoms with Crippen molar-refractivity contribution in [2.24, 2.45) is 0 Å². The number of esters is 1. The molecule has 0 saturated heterocycles. The van der Waals surface area contributed by atoms with Gasteiger partial charge in [-0.2, -0.15) is 0 Å². The lowest BCUT2D eigenvalue weighted by Crippen LogP contribution is -2.10. The first kappa shape index (κ1) is 11.8. The lowest BCUT2D eigenvalue weighted by molar-refractivity contribution is 0.0598. The first-order chi connectivity index (χ1) is 7.02. The second-order valence-electron chi connectivity index (χ2n) is 3.82. The molecule has 1 aromatic carbocycles. The summed E-state index contributed by atoms with van der Waals surface area (Å²) in [7, 11) is 1.43. The van der Waals surface area contributed by atoms with E-state index in [1.54, 1.807) is 0 Å². The number of hydrogen-bond acceptors (Lipinski definition) is 2. The molecule has 1 aromatic rings. The topological polar surface area (TPSA) is 26.3 Å². The van der Waals surface area contributed by atoms with Gasteiger partial charge in [0.2, 0.25) is 0 Å². The van der Waals surface area contributed by atoms with E-state index in [9.17, 15) is 4.79 Å². The van der Waals surface area contributed by atoms with E-state index < -0.39 is 0 Å². The highest BCUT2D eigenvalue weighted by Crippen LogP contribution is 2.23. The third-order valence-electron chi connectivity index (χ3n) is 3.01. The standard InChI is InChI=1S/C13H18O2/c1-6-11-7-8(2)9(3)10(4)12(11)13(14)15-5/h7H,6H2,1-5H3. The van der Waals surface area contributed by atoms with Gasteiger partial charge in [-0.1, -0.05) is 13.0 Å². The lowest BCUT2D eigenvalue weighted by atomic mass is 9.92. The van der Waals surface area contributed by atoms with Gasteiger partial charge in [0.05, 0.1) is 12.7 Å². The van der Waals surface area contributed by atoms with Gasteiger partial charge in [0.25, 0.3) is 0 Å². The van der Waals surface area contributed by atoms with Gasteiger partial charge in [-0.3, -0.25) is 0 Å². The van der Waals surface area contributed by atoms with Gasteiger partial charge in [-0.05, 0) is 49.4 Å². The van der Waals surface area contributed by atoms with Crippen LogP contribution in [-0.4, -0.2) is 13.1 Å². The summed E-state index contributed by atoms with van der Waals surface area (Å²) in [5.41, 5.74) is 5.26. The zero-order chi connectivity index (χ0) is 11.6. The van der Waals surface area contributed by atoms with Gasteiger partial charge in [0, 0.05) is 0 Å². The Hall–Kier alpha value is -1.31. The maximum Gasteiger partial charge on any atom is 0.338 e. The Morgan fingerprint density at radius 1 is 1.27 bits per heavy atom.